The Balaban J connectivity index is 2.08. The molecule has 3 rings (SSSR count). The summed E-state index contributed by atoms with van der Waals surface area (Å²) in [4.78, 5) is 166. The van der Waals surface area contributed by atoms with Gasteiger partial charge in [-0.2, -0.15) is 0 Å². The highest BCUT2D eigenvalue weighted by Crippen LogP contribution is 2.27. The molecule has 2 heterocycles. The van der Waals surface area contributed by atoms with Crippen LogP contribution in [0.5, 0.6) is 0 Å². The molecule has 0 aromatic heterocycles. The van der Waals surface area contributed by atoms with Gasteiger partial charge in [-0.3, -0.25) is 62.5 Å². The number of guanidine groups is 1. The first-order valence-electron chi connectivity index (χ1n) is 24.8. The number of carboxylic acid groups (broad SMARTS) is 2. The van der Waals surface area contributed by atoms with E-state index in [2.05, 4.69) is 36.9 Å². The van der Waals surface area contributed by atoms with Gasteiger partial charge in [0.25, 0.3) is 0 Å². The van der Waals surface area contributed by atoms with E-state index in [4.69, 9.17) is 26.7 Å². The van der Waals surface area contributed by atoms with E-state index in [1.165, 1.54) is 0 Å². The molecule has 2 fully saturated rings. The van der Waals surface area contributed by atoms with Crippen molar-refractivity contribution in [2.24, 2.45) is 39.9 Å². The summed E-state index contributed by atoms with van der Waals surface area (Å²) in [6.45, 7) is 0.884. The van der Waals surface area contributed by atoms with Crippen LogP contribution in [0.4, 0.5) is 0 Å². The summed E-state index contributed by atoms with van der Waals surface area (Å²) in [5.74, 6) is -16.3. The first-order valence-corrected chi connectivity index (χ1v) is 28.5. The van der Waals surface area contributed by atoms with Crippen LogP contribution < -0.4 is 49.1 Å². The maximum Gasteiger partial charge on any atom is 0.305 e. The number of carbonyl (C=O) groups excluding carboxylic acids is 10. The lowest BCUT2D eigenvalue weighted by atomic mass is 9.90. The number of rotatable bonds is 22. The Hall–Kier alpha value is -6.14. The lowest BCUT2D eigenvalue weighted by Crippen LogP contribution is -2.53. The smallest absolute Gasteiger partial charge is 0.305 e. The Kier molecular flexibility index (Phi) is 30.5. The molecule has 6 amide bonds. The van der Waals surface area contributed by atoms with Gasteiger partial charge in [0.2, 0.25) is 35.4 Å². The van der Waals surface area contributed by atoms with E-state index in [-0.39, 0.29) is 81.6 Å². The topological polar surface area (TPSA) is 426 Å². The molecule has 2 aliphatic heterocycles. The highest BCUT2D eigenvalue weighted by atomic mass is 33.1. The second-order valence-electron chi connectivity index (χ2n) is 17.9. The van der Waals surface area contributed by atoms with Gasteiger partial charge >= 0.3 is 11.9 Å². The number of aliphatic imine (C=N–C) groups is 1. The van der Waals surface area contributed by atoms with Crippen LogP contribution in [0.1, 0.15) is 63.4 Å². The number of hydrogen-bond acceptors (Lipinski definition) is 19. The van der Waals surface area contributed by atoms with Gasteiger partial charge in [-0.25, -0.2) is 0 Å². The zero-order valence-electron chi connectivity index (χ0n) is 42.5. The number of ether oxygens (including phenoxy) is 2. The third-order valence-corrected chi connectivity index (χ3v) is 15.2. The number of fused-ring (bicyclic) bond motifs is 5. The van der Waals surface area contributed by atoms with Crippen molar-refractivity contribution < 1.29 is 77.2 Å². The summed E-state index contributed by atoms with van der Waals surface area (Å²) >= 11 is 0.824. The van der Waals surface area contributed by atoms with Crippen molar-refractivity contribution in [2.75, 3.05) is 75.6 Å². The molecule has 0 unspecified atom stereocenters. The molecule has 0 radical (unpaired) electrons. The van der Waals surface area contributed by atoms with Crippen LogP contribution in [-0.2, 0) is 73.4 Å². The predicted molar refractivity (Wildman–Crippen MR) is 285 cm³/mol. The van der Waals surface area contributed by atoms with Gasteiger partial charge in [-0.15, -0.1) is 11.8 Å². The third kappa shape index (κ3) is 26.7. The summed E-state index contributed by atoms with van der Waals surface area (Å²) in [5, 5.41) is 34.8. The minimum absolute atomic E-state index is 0.0111. The molecule has 1 aromatic carbocycles. The van der Waals surface area contributed by atoms with Gasteiger partial charge in [-0.1, -0.05) is 51.9 Å². The molecule has 26 nitrogen and oxygen atoms in total. The SMILES string of the molecule is NCCOCCOCCNC(=O)CCC(=O)[C@@H]1CSCC(=O)N[C@@H](CC(=O)O)C(=O)N[C@H]2CSSC[C@H](NC(=O)[C@H](CC(=O)O)CC(=O)CNC(=O)[C@H](CCCN=C(N)N)CC2=O)C(=O)C[C@@H](Cc2ccccc2)C(=O)N1. The van der Waals surface area contributed by atoms with Crippen molar-refractivity contribution in [1.82, 2.24) is 31.9 Å². The largest absolute Gasteiger partial charge is 0.481 e. The van der Waals surface area contributed by atoms with Gasteiger partial charge in [0.1, 0.15) is 6.04 Å². The number of nitrogens with one attached hydrogen (secondary N) is 6. The average Bonchev–Trinajstić information content (AvgIpc) is 3.37. The Morgan fingerprint density at radius 2 is 1.32 bits per heavy atom. The summed E-state index contributed by atoms with van der Waals surface area (Å²) in [6, 6.07) is 2.48. The highest BCUT2D eigenvalue weighted by Gasteiger charge is 2.36. The van der Waals surface area contributed by atoms with Crippen LogP contribution in [0.25, 0.3) is 0 Å². The number of aliphatic carboxylic acids is 2. The van der Waals surface area contributed by atoms with Crippen LogP contribution in [0, 0.1) is 17.8 Å². The van der Waals surface area contributed by atoms with E-state index in [1.54, 1.807) is 30.3 Å². The van der Waals surface area contributed by atoms with E-state index in [0.717, 1.165) is 33.3 Å². The molecule has 2 saturated heterocycles. The van der Waals surface area contributed by atoms with Crippen molar-refractivity contribution >= 4 is 110 Å². The second-order valence-corrected chi connectivity index (χ2v) is 21.5. The van der Waals surface area contributed by atoms with Crippen molar-refractivity contribution in [3.8, 4) is 0 Å². The van der Waals surface area contributed by atoms with Crippen LogP contribution in [-0.4, -0.2) is 186 Å². The first kappa shape index (κ1) is 65.1. The number of amides is 6. The molecule has 426 valence electrons. The molecule has 77 heavy (non-hydrogen) atoms. The molecule has 0 aliphatic carbocycles. The predicted octanol–water partition coefficient (Wildman–Crippen LogP) is -2.39. The number of nitrogens with two attached hydrogens (primary N) is 3. The van der Waals surface area contributed by atoms with Crippen molar-refractivity contribution in [2.45, 2.75) is 88.4 Å². The van der Waals surface area contributed by atoms with Gasteiger partial charge in [0.15, 0.2) is 29.1 Å². The van der Waals surface area contributed by atoms with Crippen LogP contribution >= 0.6 is 33.3 Å². The monoisotopic (exact) mass is 1140 g/mol. The maximum atomic E-state index is 14.6. The maximum absolute atomic E-state index is 14.6. The molecule has 29 heteroatoms. The molecular weight excluding hydrogens is 1070 g/mol. The number of carboxylic acids is 2. The fourth-order valence-electron chi connectivity index (χ4n) is 7.73. The zero-order chi connectivity index (χ0) is 56.7. The number of hydrogen-bond donors (Lipinski definition) is 11. The molecule has 2 aliphatic rings. The van der Waals surface area contributed by atoms with Crippen LogP contribution in [0.2, 0.25) is 0 Å². The van der Waals surface area contributed by atoms with Crippen molar-refractivity contribution in [3.63, 3.8) is 0 Å². The van der Waals surface area contributed by atoms with Crippen LogP contribution in [0.3, 0.4) is 0 Å². The number of thioether (sulfide) groups is 1. The third-order valence-electron chi connectivity index (χ3n) is 11.7. The molecule has 0 spiro atoms. The Labute approximate surface area is 456 Å². The number of benzene rings is 1. The average molecular weight is 1140 g/mol. The fourth-order valence-corrected chi connectivity index (χ4v) is 11.0. The van der Waals surface area contributed by atoms with Gasteiger partial charge in [-0.05, 0) is 24.8 Å². The minimum Gasteiger partial charge on any atom is -0.481 e. The fraction of sp³-hybridized carbons (Fsp3) is 0.604. The molecule has 7 atom stereocenters. The zero-order valence-corrected chi connectivity index (χ0v) is 44.9. The van der Waals surface area contributed by atoms with Gasteiger partial charge in [0.05, 0.1) is 75.6 Å². The normalized spacial score (nSPS) is 23.1. The highest BCUT2D eigenvalue weighted by molar-refractivity contribution is 8.76. The number of carbonyl (C=O) groups is 12. The quantitative estimate of drug-likeness (QED) is 0.0250. The van der Waals surface area contributed by atoms with E-state index >= 15 is 0 Å². The van der Waals surface area contributed by atoms with Crippen molar-refractivity contribution in [3.05, 3.63) is 35.9 Å². The Morgan fingerprint density at radius 3 is 1.96 bits per heavy atom. The summed E-state index contributed by atoms with van der Waals surface area (Å²) in [6.07, 6.45) is -4.18. The summed E-state index contributed by atoms with van der Waals surface area (Å²) in [5.41, 5.74) is 16.9. The summed E-state index contributed by atoms with van der Waals surface area (Å²) < 4.78 is 10.6. The Bertz CT molecular complexity index is 2240. The molecule has 0 saturated carbocycles. The summed E-state index contributed by atoms with van der Waals surface area (Å²) in [7, 11) is 1.87. The molecular formula is C48H70N10O16S3. The second kappa shape index (κ2) is 36.0. The van der Waals surface area contributed by atoms with E-state index in [0.29, 0.717) is 25.3 Å². The van der Waals surface area contributed by atoms with Gasteiger partial charge < -0.3 is 68.8 Å². The number of nitrogens with zero attached hydrogens (tertiary/aromatic N) is 1. The van der Waals surface area contributed by atoms with Crippen LogP contribution in [0.15, 0.2) is 35.3 Å². The molecule has 1 aromatic rings. The van der Waals surface area contributed by atoms with Crippen molar-refractivity contribution in [1.29, 1.82) is 0 Å². The van der Waals surface area contributed by atoms with E-state index in [1.807, 2.05) is 0 Å². The van der Waals surface area contributed by atoms with E-state index < -0.39 is 157 Å². The molecule has 2 bridgehead atoms. The minimum atomic E-state index is -1.76. The van der Waals surface area contributed by atoms with Gasteiger partial charge in [0, 0.05) is 80.8 Å². The lowest BCUT2D eigenvalue weighted by molar-refractivity contribution is -0.142. The Morgan fingerprint density at radius 1 is 0.701 bits per heavy atom. The van der Waals surface area contributed by atoms with E-state index in [9.17, 15) is 67.7 Å². The number of ketones is 4. The first-order chi connectivity index (χ1) is 36.8. The molecule has 14 N–H and O–H groups in total. The number of Topliss-reactive ketones (excluding diaryl/α,β-unsaturated/α-hetero) is 4. The standard InChI is InChI=1S/C48H70N10O16S3/c49-10-13-73-15-16-74-14-12-52-40(63)9-8-37(60)34-24-75-27-41(64)55-33(22-43(67)68)47(72)58-36-26-77-76-25-35(39(62)20-30(45(70)56-34)17-28-5-2-1-3-6-28)57-46(71)31(21-42(65)66)18-32(59)23-54-44(69)29(19-38(36)61)7-4-11-53-48(50)51/h1-3,5-6,29-31,33-36H,4,7-27,49H2,(H,52,63)(H,54,69)(H,55,64)(H,56,70)(H,57,71)(H,58,72)(H,65,66)(H,67,68)(H4,50,51,53)/t29-,30-,31+,33+,34+,35+,36+/m1/s1. The lowest BCUT2D eigenvalue weighted by Gasteiger charge is -2.26.